The van der Waals surface area contributed by atoms with E-state index in [1.165, 1.54) is 0 Å². The molecule has 1 aromatic heterocycles. The fraction of sp³-hybridized carbons (Fsp3) is 0.250. The van der Waals surface area contributed by atoms with Gasteiger partial charge < -0.3 is 15.0 Å². The number of hydrogen-bond donors (Lipinski definition) is 2. The number of phenolic OH excluding ortho intramolecular Hbond substituents is 1. The van der Waals surface area contributed by atoms with Gasteiger partial charge in [0.15, 0.2) is 0 Å². The summed E-state index contributed by atoms with van der Waals surface area (Å²) in [5.74, 6) is 1.28. The lowest BCUT2D eigenvalue weighted by Gasteiger charge is -2.36. The Bertz CT molecular complexity index is 822. The molecular formula is C20H22N4O. The van der Waals surface area contributed by atoms with E-state index in [0.717, 1.165) is 55.5 Å². The number of imidazole rings is 1. The summed E-state index contributed by atoms with van der Waals surface area (Å²) in [6.07, 6.45) is 1.93. The molecule has 0 atom stereocenters. The number of para-hydroxylation sites is 2. The van der Waals surface area contributed by atoms with Gasteiger partial charge >= 0.3 is 0 Å². The highest BCUT2D eigenvalue weighted by Crippen LogP contribution is 2.27. The number of anilines is 1. The maximum atomic E-state index is 10.0. The topological polar surface area (TPSA) is 55.4 Å². The van der Waals surface area contributed by atoms with Crippen LogP contribution in [0, 0.1) is 0 Å². The van der Waals surface area contributed by atoms with Crippen LogP contribution in [-0.2, 0) is 6.54 Å². The minimum atomic E-state index is 0.358. The van der Waals surface area contributed by atoms with Crippen molar-refractivity contribution < 1.29 is 5.11 Å². The highest BCUT2D eigenvalue weighted by Gasteiger charge is 2.19. The van der Waals surface area contributed by atoms with Crippen molar-refractivity contribution in [2.45, 2.75) is 6.54 Å². The third-order valence-electron chi connectivity index (χ3n) is 4.66. The highest BCUT2D eigenvalue weighted by atomic mass is 16.3. The molecule has 1 aliphatic rings. The first-order valence-electron chi connectivity index (χ1n) is 8.64. The van der Waals surface area contributed by atoms with E-state index in [9.17, 15) is 5.11 Å². The SMILES string of the molecule is Oc1ccccc1N1CCN(Cc2cnc(-c3ccccc3)[nH]2)CC1. The number of aromatic hydroxyl groups is 1. The Labute approximate surface area is 147 Å². The van der Waals surface area contributed by atoms with Gasteiger partial charge in [0.1, 0.15) is 11.6 Å². The van der Waals surface area contributed by atoms with Crippen molar-refractivity contribution in [2.75, 3.05) is 31.1 Å². The number of nitrogens with zero attached hydrogens (tertiary/aromatic N) is 3. The number of hydrogen-bond acceptors (Lipinski definition) is 4. The number of phenols is 1. The van der Waals surface area contributed by atoms with Crippen LogP contribution in [0.15, 0.2) is 60.8 Å². The first kappa shape index (κ1) is 15.7. The number of H-pyrrole nitrogens is 1. The molecule has 2 heterocycles. The van der Waals surface area contributed by atoms with E-state index in [1.807, 2.05) is 42.6 Å². The van der Waals surface area contributed by atoms with Crippen molar-refractivity contribution >= 4 is 5.69 Å². The van der Waals surface area contributed by atoms with Crippen LogP contribution in [0.1, 0.15) is 5.69 Å². The van der Waals surface area contributed by atoms with Crippen molar-refractivity contribution in [2.24, 2.45) is 0 Å². The summed E-state index contributed by atoms with van der Waals surface area (Å²) in [7, 11) is 0. The maximum absolute atomic E-state index is 10.0. The molecule has 1 saturated heterocycles. The summed E-state index contributed by atoms with van der Waals surface area (Å²) < 4.78 is 0. The van der Waals surface area contributed by atoms with E-state index >= 15 is 0 Å². The molecule has 3 aromatic rings. The van der Waals surface area contributed by atoms with Gasteiger partial charge in [-0.15, -0.1) is 0 Å². The molecule has 0 radical (unpaired) electrons. The standard InChI is InChI=1S/C20H22N4O/c25-19-9-5-4-8-18(19)24-12-10-23(11-13-24)15-17-14-21-20(22-17)16-6-2-1-3-7-16/h1-9,14,25H,10-13,15H2,(H,21,22). The first-order valence-corrected chi connectivity index (χ1v) is 8.64. The smallest absolute Gasteiger partial charge is 0.138 e. The Morgan fingerprint density at radius 2 is 1.64 bits per heavy atom. The lowest BCUT2D eigenvalue weighted by atomic mass is 10.2. The number of benzene rings is 2. The molecule has 1 fully saturated rings. The number of nitrogens with one attached hydrogen (secondary N) is 1. The van der Waals surface area contributed by atoms with Crippen molar-refractivity contribution in [1.82, 2.24) is 14.9 Å². The zero-order valence-corrected chi connectivity index (χ0v) is 14.1. The molecule has 5 nitrogen and oxygen atoms in total. The minimum Gasteiger partial charge on any atom is -0.506 e. The van der Waals surface area contributed by atoms with Gasteiger partial charge in [0, 0.05) is 50.2 Å². The van der Waals surface area contributed by atoms with Crippen LogP contribution in [0.3, 0.4) is 0 Å². The second-order valence-corrected chi connectivity index (χ2v) is 6.37. The second-order valence-electron chi connectivity index (χ2n) is 6.37. The Balaban J connectivity index is 1.36. The molecule has 2 N–H and O–H groups in total. The lowest BCUT2D eigenvalue weighted by molar-refractivity contribution is 0.247. The number of aromatic amines is 1. The Morgan fingerprint density at radius 1 is 0.920 bits per heavy atom. The van der Waals surface area contributed by atoms with Crippen molar-refractivity contribution in [3.63, 3.8) is 0 Å². The monoisotopic (exact) mass is 334 g/mol. The molecule has 128 valence electrons. The predicted molar refractivity (Wildman–Crippen MR) is 99.6 cm³/mol. The van der Waals surface area contributed by atoms with E-state index in [0.29, 0.717) is 5.75 Å². The fourth-order valence-electron chi connectivity index (χ4n) is 3.30. The summed E-state index contributed by atoms with van der Waals surface area (Å²) in [6, 6.07) is 17.7. The molecule has 0 unspecified atom stereocenters. The molecular weight excluding hydrogens is 312 g/mol. The largest absolute Gasteiger partial charge is 0.506 e. The van der Waals surface area contributed by atoms with Gasteiger partial charge in [-0.05, 0) is 12.1 Å². The van der Waals surface area contributed by atoms with Gasteiger partial charge in [-0.25, -0.2) is 4.98 Å². The molecule has 0 spiro atoms. The molecule has 5 heteroatoms. The summed E-state index contributed by atoms with van der Waals surface area (Å²) in [6.45, 7) is 4.63. The number of rotatable bonds is 4. The van der Waals surface area contributed by atoms with Crippen LogP contribution in [-0.4, -0.2) is 46.2 Å². The molecule has 0 aliphatic carbocycles. The van der Waals surface area contributed by atoms with Gasteiger partial charge in [-0.2, -0.15) is 0 Å². The third-order valence-corrected chi connectivity index (χ3v) is 4.66. The molecule has 1 aliphatic heterocycles. The first-order chi connectivity index (χ1) is 12.3. The third kappa shape index (κ3) is 3.51. The average Bonchev–Trinajstić information content (AvgIpc) is 3.12. The van der Waals surface area contributed by atoms with Gasteiger partial charge in [0.25, 0.3) is 0 Å². The molecule has 0 amide bonds. The zero-order valence-electron chi connectivity index (χ0n) is 14.1. The summed E-state index contributed by atoms with van der Waals surface area (Å²) in [4.78, 5) is 12.6. The summed E-state index contributed by atoms with van der Waals surface area (Å²) in [5, 5.41) is 10.0. The highest BCUT2D eigenvalue weighted by molar-refractivity contribution is 5.58. The lowest BCUT2D eigenvalue weighted by Crippen LogP contribution is -2.46. The summed E-state index contributed by atoms with van der Waals surface area (Å²) >= 11 is 0. The van der Waals surface area contributed by atoms with Gasteiger partial charge in [0.05, 0.1) is 5.69 Å². The normalized spacial score (nSPS) is 15.4. The molecule has 2 aromatic carbocycles. The molecule has 25 heavy (non-hydrogen) atoms. The number of aromatic nitrogens is 2. The van der Waals surface area contributed by atoms with E-state index in [4.69, 9.17) is 0 Å². The van der Waals surface area contributed by atoms with E-state index < -0.39 is 0 Å². The van der Waals surface area contributed by atoms with Crippen molar-refractivity contribution in [3.8, 4) is 17.1 Å². The van der Waals surface area contributed by atoms with Crippen molar-refractivity contribution in [1.29, 1.82) is 0 Å². The van der Waals surface area contributed by atoms with Crippen LogP contribution in [0.2, 0.25) is 0 Å². The average molecular weight is 334 g/mol. The van der Waals surface area contributed by atoms with Crippen molar-refractivity contribution in [3.05, 3.63) is 66.5 Å². The molecule has 4 rings (SSSR count). The van der Waals surface area contributed by atoms with Crippen LogP contribution in [0.5, 0.6) is 5.75 Å². The molecule has 0 saturated carbocycles. The van der Waals surface area contributed by atoms with Gasteiger partial charge in [-0.3, -0.25) is 4.90 Å². The summed E-state index contributed by atoms with van der Waals surface area (Å²) in [5.41, 5.74) is 3.17. The van der Waals surface area contributed by atoms with E-state index in [1.54, 1.807) is 6.07 Å². The number of piperazine rings is 1. The van der Waals surface area contributed by atoms with Crippen LogP contribution in [0.4, 0.5) is 5.69 Å². The van der Waals surface area contributed by atoms with Crippen LogP contribution < -0.4 is 4.90 Å². The zero-order chi connectivity index (χ0) is 17.1. The second kappa shape index (κ2) is 6.99. The maximum Gasteiger partial charge on any atom is 0.138 e. The van der Waals surface area contributed by atoms with Crippen LogP contribution >= 0.6 is 0 Å². The fourth-order valence-corrected chi connectivity index (χ4v) is 3.30. The van der Waals surface area contributed by atoms with Gasteiger partial charge in [0.2, 0.25) is 0 Å². The Hall–Kier alpha value is -2.79. The minimum absolute atomic E-state index is 0.358. The van der Waals surface area contributed by atoms with Gasteiger partial charge in [-0.1, -0.05) is 42.5 Å². The van der Waals surface area contributed by atoms with Crippen LogP contribution in [0.25, 0.3) is 11.4 Å². The molecule has 0 bridgehead atoms. The Morgan fingerprint density at radius 3 is 2.40 bits per heavy atom. The predicted octanol–water partition coefficient (Wildman–Crippen LogP) is 3.10. The quantitative estimate of drug-likeness (QED) is 0.770. The Kier molecular flexibility index (Phi) is 4.39. The van der Waals surface area contributed by atoms with E-state index in [2.05, 4.69) is 31.9 Å². The van der Waals surface area contributed by atoms with E-state index in [-0.39, 0.29) is 0 Å².